The van der Waals surface area contributed by atoms with Crippen LogP contribution in [-0.2, 0) is 32.8 Å². The van der Waals surface area contributed by atoms with Crippen LogP contribution in [0.4, 0.5) is 5.69 Å². The first kappa shape index (κ1) is 20.4. The second-order valence-electron chi connectivity index (χ2n) is 8.17. The normalized spacial score (nSPS) is 22.7. The molecule has 1 aromatic carbocycles. The van der Waals surface area contributed by atoms with Crippen molar-refractivity contribution in [3.05, 3.63) is 53.3 Å². The molecule has 31 heavy (non-hydrogen) atoms. The Morgan fingerprint density at radius 2 is 1.97 bits per heavy atom. The summed E-state index contributed by atoms with van der Waals surface area (Å²) in [5, 5.41) is 2.92. The molecule has 0 radical (unpaired) electrons. The van der Waals surface area contributed by atoms with E-state index in [0.29, 0.717) is 25.1 Å². The van der Waals surface area contributed by atoms with Gasteiger partial charge >= 0.3 is 0 Å². The fraction of sp³-hybridized carbons (Fsp3) is 0.409. The molecule has 9 heteroatoms. The zero-order chi connectivity index (χ0) is 21.4. The molecule has 2 fully saturated rings. The number of morpholine rings is 1. The Bertz CT molecular complexity index is 1130. The van der Waals surface area contributed by atoms with Crippen molar-refractivity contribution in [3.63, 3.8) is 0 Å². The van der Waals surface area contributed by atoms with Crippen LogP contribution in [-0.4, -0.2) is 66.7 Å². The van der Waals surface area contributed by atoms with Gasteiger partial charge < -0.3 is 14.6 Å². The van der Waals surface area contributed by atoms with Gasteiger partial charge in [0.2, 0.25) is 10.0 Å². The van der Waals surface area contributed by atoms with Gasteiger partial charge in [-0.2, -0.15) is 4.31 Å². The topological polar surface area (TPSA) is 83.9 Å². The quantitative estimate of drug-likeness (QED) is 0.714. The lowest BCUT2D eigenvalue weighted by molar-refractivity contribution is -0.110. The Morgan fingerprint density at radius 1 is 1.13 bits per heavy atom. The lowest BCUT2D eigenvalue weighted by Gasteiger charge is -2.27. The number of rotatable bonds is 5. The number of hydrogen-bond acceptors (Lipinski definition) is 5. The van der Waals surface area contributed by atoms with Crippen molar-refractivity contribution in [2.24, 2.45) is 0 Å². The molecule has 1 aromatic heterocycles. The summed E-state index contributed by atoms with van der Waals surface area (Å²) in [6, 6.07) is 9.66. The van der Waals surface area contributed by atoms with Crippen molar-refractivity contribution in [1.82, 2.24) is 13.8 Å². The maximum absolute atomic E-state index is 12.7. The minimum atomic E-state index is -3.17. The highest BCUT2D eigenvalue weighted by Gasteiger charge is 2.29. The molecule has 1 amide bonds. The zero-order valence-corrected chi connectivity index (χ0v) is 18.1. The van der Waals surface area contributed by atoms with Gasteiger partial charge in [-0.1, -0.05) is 6.07 Å². The van der Waals surface area contributed by atoms with E-state index >= 15 is 0 Å². The summed E-state index contributed by atoms with van der Waals surface area (Å²) < 4.78 is 33.4. The predicted octanol–water partition coefficient (Wildman–Crippen LogP) is 1.81. The van der Waals surface area contributed by atoms with Crippen LogP contribution in [0.3, 0.4) is 0 Å². The van der Waals surface area contributed by atoms with Crippen LogP contribution in [0.1, 0.15) is 23.2 Å². The molecule has 164 valence electrons. The highest BCUT2D eigenvalue weighted by atomic mass is 32.2. The number of amides is 1. The van der Waals surface area contributed by atoms with Gasteiger partial charge in [0, 0.05) is 49.3 Å². The lowest BCUT2D eigenvalue weighted by Crippen LogP contribution is -2.37. The summed E-state index contributed by atoms with van der Waals surface area (Å²) in [6.07, 6.45) is 4.60. The second-order valence-corrected chi connectivity index (χ2v) is 10.3. The number of fused-ring (bicyclic) bond motifs is 1. The largest absolute Gasteiger partial charge is 0.379 e. The summed E-state index contributed by atoms with van der Waals surface area (Å²) in [5.74, 6) is 0.0727. The van der Waals surface area contributed by atoms with Gasteiger partial charge in [0.25, 0.3) is 5.91 Å². The second kappa shape index (κ2) is 8.23. The summed E-state index contributed by atoms with van der Waals surface area (Å²) in [4.78, 5) is 15.0. The van der Waals surface area contributed by atoms with Crippen molar-refractivity contribution in [1.29, 1.82) is 0 Å². The van der Waals surface area contributed by atoms with Crippen LogP contribution >= 0.6 is 0 Å². The number of benzene rings is 1. The first-order chi connectivity index (χ1) is 15.0. The SMILES string of the molecule is O=C1Nc2ccc(CN3CCCS3(=O)=O)cc2/C1=C\c1cccn1CN1CCOCC1. The zero-order valence-electron chi connectivity index (χ0n) is 17.3. The van der Waals surface area contributed by atoms with E-state index in [1.54, 1.807) is 0 Å². The van der Waals surface area contributed by atoms with Gasteiger partial charge in [-0.25, -0.2) is 8.42 Å². The van der Waals surface area contributed by atoms with Gasteiger partial charge in [0.05, 0.1) is 31.2 Å². The number of anilines is 1. The molecule has 5 rings (SSSR count). The van der Waals surface area contributed by atoms with Crippen LogP contribution in [0.5, 0.6) is 0 Å². The summed E-state index contributed by atoms with van der Waals surface area (Å²) in [7, 11) is -3.17. The fourth-order valence-corrected chi connectivity index (χ4v) is 5.85. The smallest absolute Gasteiger partial charge is 0.256 e. The predicted molar refractivity (Wildman–Crippen MR) is 119 cm³/mol. The molecule has 8 nitrogen and oxygen atoms in total. The highest BCUT2D eigenvalue weighted by Crippen LogP contribution is 2.34. The third-order valence-corrected chi connectivity index (χ3v) is 7.95. The van der Waals surface area contributed by atoms with E-state index in [1.807, 2.05) is 42.6 Å². The lowest BCUT2D eigenvalue weighted by atomic mass is 10.0. The Kier molecular flexibility index (Phi) is 5.43. The Morgan fingerprint density at radius 3 is 2.74 bits per heavy atom. The Labute approximate surface area is 182 Å². The van der Waals surface area contributed by atoms with Crippen LogP contribution in [0, 0.1) is 0 Å². The van der Waals surface area contributed by atoms with Gasteiger partial charge in [0.1, 0.15) is 0 Å². The standard InChI is InChI=1S/C22H26N4O4S/c27-22-20(14-18-3-1-6-25(18)16-24-8-10-30-11-9-24)19-13-17(4-5-21(19)23-22)15-26-7-2-12-31(26,28)29/h1,3-6,13-14H,2,7-12,15-16H2,(H,23,27)/b20-14+. The third-order valence-electron chi connectivity index (χ3n) is 6.04. The average molecular weight is 443 g/mol. The van der Waals surface area contributed by atoms with E-state index in [2.05, 4.69) is 14.8 Å². The van der Waals surface area contributed by atoms with E-state index in [1.165, 1.54) is 4.31 Å². The van der Waals surface area contributed by atoms with Crippen LogP contribution in [0.15, 0.2) is 36.5 Å². The van der Waals surface area contributed by atoms with Crippen LogP contribution in [0.25, 0.3) is 11.6 Å². The molecule has 2 aromatic rings. The molecule has 4 heterocycles. The summed E-state index contributed by atoms with van der Waals surface area (Å²) in [5.41, 5.74) is 4.02. The van der Waals surface area contributed by atoms with Gasteiger partial charge in [-0.05, 0) is 42.3 Å². The molecule has 3 aliphatic rings. The number of carbonyl (C=O) groups excluding carboxylic acids is 1. The number of hydrogen-bond donors (Lipinski definition) is 1. The first-order valence-corrected chi connectivity index (χ1v) is 12.2. The van der Waals surface area contributed by atoms with Crippen LogP contribution < -0.4 is 5.32 Å². The minimum Gasteiger partial charge on any atom is -0.379 e. The maximum atomic E-state index is 12.7. The molecule has 0 spiro atoms. The molecule has 1 N–H and O–H groups in total. The monoisotopic (exact) mass is 442 g/mol. The Hall–Kier alpha value is -2.46. The molecule has 0 aliphatic carbocycles. The van der Waals surface area contributed by atoms with Crippen molar-refractivity contribution in [2.45, 2.75) is 19.6 Å². The molecular formula is C22H26N4O4S. The molecule has 0 atom stereocenters. The Balaban J connectivity index is 1.41. The van der Waals surface area contributed by atoms with Crippen molar-refractivity contribution in [2.75, 3.05) is 43.9 Å². The number of nitrogens with zero attached hydrogens (tertiary/aromatic N) is 3. The van der Waals surface area contributed by atoms with Gasteiger partial charge in [-0.3, -0.25) is 9.69 Å². The third kappa shape index (κ3) is 4.18. The first-order valence-electron chi connectivity index (χ1n) is 10.6. The van der Waals surface area contributed by atoms with Gasteiger partial charge in [-0.15, -0.1) is 0 Å². The molecule has 0 bridgehead atoms. The minimum absolute atomic E-state index is 0.139. The van der Waals surface area contributed by atoms with Crippen molar-refractivity contribution < 1.29 is 17.9 Å². The van der Waals surface area contributed by atoms with Crippen molar-refractivity contribution >= 4 is 33.3 Å². The van der Waals surface area contributed by atoms with Crippen LogP contribution in [0.2, 0.25) is 0 Å². The van der Waals surface area contributed by atoms with Crippen molar-refractivity contribution in [3.8, 4) is 0 Å². The number of nitrogens with one attached hydrogen (secondary N) is 1. The molecule has 0 unspecified atom stereocenters. The maximum Gasteiger partial charge on any atom is 0.256 e. The molecule has 2 saturated heterocycles. The van der Waals surface area contributed by atoms with E-state index < -0.39 is 10.0 Å². The number of aromatic nitrogens is 1. The fourth-order valence-electron chi connectivity index (χ4n) is 4.34. The number of sulfonamides is 1. The van der Waals surface area contributed by atoms with E-state index in [-0.39, 0.29) is 11.7 Å². The summed E-state index contributed by atoms with van der Waals surface area (Å²) >= 11 is 0. The van der Waals surface area contributed by atoms with E-state index in [9.17, 15) is 13.2 Å². The highest BCUT2D eigenvalue weighted by molar-refractivity contribution is 7.89. The van der Waals surface area contributed by atoms with Gasteiger partial charge in [0.15, 0.2) is 0 Å². The molecule has 0 saturated carbocycles. The molecule has 3 aliphatic heterocycles. The number of carbonyl (C=O) groups is 1. The number of ether oxygens (including phenoxy) is 1. The van der Waals surface area contributed by atoms with E-state index in [0.717, 1.165) is 55.5 Å². The molecular weight excluding hydrogens is 416 g/mol. The average Bonchev–Trinajstić information content (AvgIpc) is 3.42. The van der Waals surface area contributed by atoms with E-state index in [4.69, 9.17) is 4.74 Å². The summed E-state index contributed by atoms with van der Waals surface area (Å²) in [6.45, 7) is 4.89.